The summed E-state index contributed by atoms with van der Waals surface area (Å²) < 4.78 is 5.12. The maximum atomic E-state index is 8.32. The maximum Gasteiger partial charge on any atom is 0.0638 e. The van der Waals surface area contributed by atoms with Gasteiger partial charge in [0.15, 0.2) is 0 Å². The molecule has 0 aliphatic carbocycles. The Hall–Kier alpha value is -0.590. The molecule has 0 heterocycles. The largest absolute Gasteiger partial charge is 0.380 e. The molecule has 0 aromatic rings. The monoisotopic (exact) mass is 156 g/mol. The molecule has 3 nitrogen and oxygen atoms in total. The second-order valence-electron chi connectivity index (χ2n) is 2.41. The normalized spacial score (nSPS) is 12.5. The average Bonchev–Trinajstić information content (AvgIpc) is 1.99. The summed E-state index contributed by atoms with van der Waals surface area (Å²) in [4.78, 5) is 0. The fourth-order valence-electron chi connectivity index (χ4n) is 0.731. The van der Waals surface area contributed by atoms with Gasteiger partial charge in [0.2, 0.25) is 0 Å². The number of hydrogen-bond donors (Lipinski definition) is 1. The average molecular weight is 156 g/mol. The fraction of sp³-hybridized carbons (Fsp3) is 0.875. The molecule has 1 N–H and O–H groups in total. The van der Waals surface area contributed by atoms with Gasteiger partial charge < -0.3 is 10.1 Å². The molecule has 11 heavy (non-hydrogen) atoms. The molecule has 3 heteroatoms. The van der Waals surface area contributed by atoms with Gasteiger partial charge >= 0.3 is 0 Å². The first-order valence-electron chi connectivity index (χ1n) is 3.99. The van der Waals surface area contributed by atoms with Crippen LogP contribution in [0.1, 0.15) is 20.3 Å². The van der Waals surface area contributed by atoms with Gasteiger partial charge in [-0.05, 0) is 13.8 Å². The predicted octanol–water partition coefficient (Wildman–Crippen LogP) is 0.915. The number of nitriles is 1. The minimum Gasteiger partial charge on any atom is -0.380 e. The zero-order valence-corrected chi connectivity index (χ0v) is 7.26. The lowest BCUT2D eigenvalue weighted by molar-refractivity contribution is 0.147. The Bertz CT molecular complexity index is 120. The summed E-state index contributed by atoms with van der Waals surface area (Å²) in [5, 5.41) is 11.5. The van der Waals surface area contributed by atoms with E-state index in [-0.39, 0.29) is 6.04 Å². The summed E-state index contributed by atoms with van der Waals surface area (Å²) in [6.07, 6.45) is 0.562. The summed E-state index contributed by atoms with van der Waals surface area (Å²) in [5.74, 6) is 0. The lowest BCUT2D eigenvalue weighted by Crippen LogP contribution is -2.28. The van der Waals surface area contributed by atoms with E-state index in [9.17, 15) is 0 Å². The van der Waals surface area contributed by atoms with Crippen molar-refractivity contribution in [2.75, 3.05) is 19.8 Å². The van der Waals surface area contributed by atoms with Crippen molar-refractivity contribution in [1.82, 2.24) is 5.32 Å². The third kappa shape index (κ3) is 7.31. The highest BCUT2D eigenvalue weighted by Crippen LogP contribution is 1.86. The molecule has 0 amide bonds. The fourth-order valence-corrected chi connectivity index (χ4v) is 0.731. The topological polar surface area (TPSA) is 45.0 Å². The van der Waals surface area contributed by atoms with Gasteiger partial charge in [-0.2, -0.15) is 5.26 Å². The van der Waals surface area contributed by atoms with Crippen LogP contribution in [0.4, 0.5) is 0 Å². The van der Waals surface area contributed by atoms with E-state index in [1.165, 1.54) is 0 Å². The molecule has 0 saturated heterocycles. The van der Waals surface area contributed by atoms with Crippen LogP contribution in [0.15, 0.2) is 0 Å². The van der Waals surface area contributed by atoms with Crippen molar-refractivity contribution in [1.29, 1.82) is 5.26 Å². The molecule has 0 aliphatic rings. The zero-order chi connectivity index (χ0) is 8.53. The third-order valence-corrected chi connectivity index (χ3v) is 1.34. The highest BCUT2D eigenvalue weighted by Gasteiger charge is 1.97. The molecule has 0 aromatic heterocycles. The molecule has 0 bridgehead atoms. The summed E-state index contributed by atoms with van der Waals surface area (Å²) >= 11 is 0. The molecule has 0 aliphatic heterocycles. The molecule has 1 unspecified atom stereocenters. The van der Waals surface area contributed by atoms with Crippen LogP contribution < -0.4 is 5.32 Å². The first-order valence-corrected chi connectivity index (χ1v) is 3.99. The van der Waals surface area contributed by atoms with Crippen molar-refractivity contribution >= 4 is 0 Å². The van der Waals surface area contributed by atoms with E-state index in [1.807, 2.05) is 13.8 Å². The van der Waals surface area contributed by atoms with Crippen LogP contribution in [0.3, 0.4) is 0 Å². The van der Waals surface area contributed by atoms with Crippen LogP contribution in [0.25, 0.3) is 0 Å². The number of hydrogen-bond acceptors (Lipinski definition) is 3. The van der Waals surface area contributed by atoms with Crippen LogP contribution in [0.5, 0.6) is 0 Å². The Morgan fingerprint density at radius 3 is 2.91 bits per heavy atom. The first kappa shape index (κ1) is 10.4. The van der Waals surface area contributed by atoms with Crippen LogP contribution >= 0.6 is 0 Å². The second kappa shape index (κ2) is 7.52. The molecule has 1 atom stereocenters. The van der Waals surface area contributed by atoms with E-state index in [2.05, 4.69) is 11.4 Å². The first-order chi connectivity index (χ1) is 5.31. The van der Waals surface area contributed by atoms with Crippen LogP contribution in [0.2, 0.25) is 0 Å². The second-order valence-corrected chi connectivity index (χ2v) is 2.41. The van der Waals surface area contributed by atoms with Crippen LogP contribution in [-0.4, -0.2) is 25.8 Å². The van der Waals surface area contributed by atoms with Crippen molar-refractivity contribution in [3.05, 3.63) is 0 Å². The smallest absolute Gasteiger partial charge is 0.0638 e. The SMILES string of the molecule is CCOCCNC(C)CC#N. The van der Waals surface area contributed by atoms with E-state index < -0.39 is 0 Å². The molecule has 0 rings (SSSR count). The van der Waals surface area contributed by atoms with E-state index in [1.54, 1.807) is 0 Å². The minimum atomic E-state index is 0.278. The van der Waals surface area contributed by atoms with Crippen molar-refractivity contribution in [3.63, 3.8) is 0 Å². The van der Waals surface area contributed by atoms with Crippen molar-refractivity contribution in [2.24, 2.45) is 0 Å². The Morgan fingerprint density at radius 2 is 2.36 bits per heavy atom. The van der Waals surface area contributed by atoms with E-state index in [0.29, 0.717) is 6.42 Å². The summed E-state index contributed by atoms with van der Waals surface area (Å²) in [5.41, 5.74) is 0. The summed E-state index contributed by atoms with van der Waals surface area (Å²) in [7, 11) is 0. The van der Waals surface area contributed by atoms with Crippen molar-refractivity contribution < 1.29 is 4.74 Å². The lowest BCUT2D eigenvalue weighted by atomic mass is 10.2. The lowest BCUT2D eigenvalue weighted by Gasteiger charge is -2.08. The Kier molecular flexibility index (Phi) is 7.11. The highest BCUT2D eigenvalue weighted by atomic mass is 16.5. The van der Waals surface area contributed by atoms with Gasteiger partial charge in [-0.15, -0.1) is 0 Å². The molecule has 64 valence electrons. The van der Waals surface area contributed by atoms with Crippen LogP contribution in [-0.2, 0) is 4.74 Å². The van der Waals surface area contributed by atoms with Gasteiger partial charge in [0, 0.05) is 19.2 Å². The molecule has 0 fully saturated rings. The molecule has 0 radical (unpaired) electrons. The molecule has 0 spiro atoms. The number of ether oxygens (including phenoxy) is 1. The van der Waals surface area contributed by atoms with Crippen LogP contribution in [0, 0.1) is 11.3 Å². The quantitative estimate of drug-likeness (QED) is 0.581. The van der Waals surface area contributed by atoms with Gasteiger partial charge in [0.05, 0.1) is 19.1 Å². The van der Waals surface area contributed by atoms with Gasteiger partial charge in [0.25, 0.3) is 0 Å². The molecular weight excluding hydrogens is 140 g/mol. The molecule has 0 saturated carbocycles. The minimum absolute atomic E-state index is 0.278. The third-order valence-electron chi connectivity index (χ3n) is 1.34. The Labute approximate surface area is 68.3 Å². The van der Waals surface area contributed by atoms with Gasteiger partial charge in [-0.25, -0.2) is 0 Å². The standard InChI is InChI=1S/C8H16N2O/c1-3-11-7-6-10-8(2)4-5-9/h8,10H,3-4,6-7H2,1-2H3. The van der Waals surface area contributed by atoms with Gasteiger partial charge in [0.1, 0.15) is 0 Å². The Balaban J connectivity index is 3.05. The van der Waals surface area contributed by atoms with Gasteiger partial charge in [-0.1, -0.05) is 0 Å². The highest BCUT2D eigenvalue weighted by molar-refractivity contribution is 4.76. The predicted molar refractivity (Wildman–Crippen MR) is 44.2 cm³/mol. The van der Waals surface area contributed by atoms with Crippen molar-refractivity contribution in [3.8, 4) is 6.07 Å². The van der Waals surface area contributed by atoms with Crippen molar-refractivity contribution in [2.45, 2.75) is 26.3 Å². The molecular formula is C8H16N2O. The number of nitrogens with one attached hydrogen (secondary N) is 1. The van der Waals surface area contributed by atoms with E-state index >= 15 is 0 Å². The summed E-state index contributed by atoms with van der Waals surface area (Å²) in [6, 6.07) is 2.38. The zero-order valence-electron chi connectivity index (χ0n) is 7.26. The number of rotatable bonds is 6. The van der Waals surface area contributed by atoms with Gasteiger partial charge in [-0.3, -0.25) is 0 Å². The summed E-state index contributed by atoms with van der Waals surface area (Å²) in [6.45, 7) is 6.28. The van der Waals surface area contributed by atoms with E-state index in [0.717, 1.165) is 19.8 Å². The Morgan fingerprint density at radius 1 is 1.64 bits per heavy atom. The number of nitrogens with zero attached hydrogens (tertiary/aromatic N) is 1. The molecule has 0 aromatic carbocycles. The van der Waals surface area contributed by atoms with E-state index in [4.69, 9.17) is 10.00 Å². The maximum absolute atomic E-state index is 8.32.